The maximum absolute atomic E-state index is 6.23. The highest BCUT2D eigenvalue weighted by atomic mass is 16.5. The summed E-state index contributed by atoms with van der Waals surface area (Å²) in [4.78, 5) is 0. The average Bonchev–Trinajstić information content (AvgIpc) is 2.81. The zero-order valence-corrected chi connectivity index (χ0v) is 19.7. The van der Waals surface area contributed by atoms with Gasteiger partial charge in [0.2, 0.25) is 0 Å². The van der Waals surface area contributed by atoms with Crippen molar-refractivity contribution in [3.05, 3.63) is 83.4 Å². The van der Waals surface area contributed by atoms with Crippen LogP contribution in [0.4, 0.5) is 0 Å². The number of benzene rings is 4. The van der Waals surface area contributed by atoms with Crippen molar-refractivity contribution < 1.29 is 4.74 Å². The van der Waals surface area contributed by atoms with Crippen molar-refractivity contribution in [2.24, 2.45) is 0 Å². The van der Waals surface area contributed by atoms with Crippen molar-refractivity contribution in [3.63, 3.8) is 0 Å². The maximum atomic E-state index is 6.23. The molecular weight excluding hydrogens is 364 g/mol. The number of hydrogen-bond donors (Lipinski definition) is 0. The van der Waals surface area contributed by atoms with Gasteiger partial charge in [-0.3, -0.25) is 0 Å². The van der Waals surface area contributed by atoms with Gasteiger partial charge < -0.3 is 4.74 Å². The Morgan fingerprint density at radius 3 is 1.90 bits per heavy atom. The SMILES string of the molecule is CC.CC.CCC.Cc1cccc2c3c(ccc12)Oc1ccc2ccccc2c1C3. The fourth-order valence-electron chi connectivity index (χ4n) is 3.72. The minimum Gasteiger partial charge on any atom is -0.457 e. The van der Waals surface area contributed by atoms with E-state index in [4.69, 9.17) is 4.74 Å². The van der Waals surface area contributed by atoms with E-state index in [-0.39, 0.29) is 0 Å². The summed E-state index contributed by atoms with van der Waals surface area (Å²) >= 11 is 0. The van der Waals surface area contributed by atoms with E-state index < -0.39 is 0 Å². The van der Waals surface area contributed by atoms with E-state index in [1.807, 2.05) is 27.7 Å². The first-order chi connectivity index (χ1) is 14.7. The molecule has 0 saturated carbocycles. The van der Waals surface area contributed by atoms with Gasteiger partial charge in [0.25, 0.3) is 0 Å². The second-order valence-electron chi connectivity index (χ2n) is 6.96. The van der Waals surface area contributed by atoms with E-state index in [0.29, 0.717) is 0 Å². The smallest absolute Gasteiger partial charge is 0.131 e. The zero-order chi connectivity index (χ0) is 22.1. The predicted octanol–water partition coefficient (Wildman–Crippen LogP) is 9.47. The fourth-order valence-corrected chi connectivity index (χ4v) is 3.72. The molecule has 30 heavy (non-hydrogen) atoms. The molecule has 0 aliphatic carbocycles. The molecule has 1 aliphatic heterocycles. The summed E-state index contributed by atoms with van der Waals surface area (Å²) in [5.74, 6) is 1.98. The van der Waals surface area contributed by atoms with Crippen molar-refractivity contribution in [1.82, 2.24) is 0 Å². The summed E-state index contributed by atoms with van der Waals surface area (Å²) in [5, 5.41) is 5.19. The summed E-state index contributed by atoms with van der Waals surface area (Å²) in [5.41, 5.74) is 3.91. The van der Waals surface area contributed by atoms with Crippen LogP contribution < -0.4 is 4.74 Å². The van der Waals surface area contributed by atoms with Crippen LogP contribution in [0.3, 0.4) is 0 Å². The summed E-state index contributed by atoms with van der Waals surface area (Å²) < 4.78 is 6.23. The van der Waals surface area contributed by atoms with Crippen LogP contribution in [0.5, 0.6) is 11.5 Å². The third-order valence-corrected chi connectivity index (χ3v) is 4.92. The highest BCUT2D eigenvalue weighted by Crippen LogP contribution is 2.43. The molecule has 0 saturated heterocycles. The van der Waals surface area contributed by atoms with Gasteiger partial charge in [-0.25, -0.2) is 0 Å². The molecule has 1 heteroatoms. The molecule has 1 nitrogen and oxygen atoms in total. The average molecular weight is 401 g/mol. The predicted molar refractivity (Wildman–Crippen MR) is 134 cm³/mol. The lowest BCUT2D eigenvalue weighted by Crippen LogP contribution is -2.04. The van der Waals surface area contributed by atoms with Crippen molar-refractivity contribution in [3.8, 4) is 11.5 Å². The highest BCUT2D eigenvalue weighted by molar-refractivity contribution is 5.94. The quantitative estimate of drug-likeness (QED) is 0.251. The molecule has 0 fully saturated rings. The molecule has 0 amide bonds. The van der Waals surface area contributed by atoms with Crippen LogP contribution in [0, 0.1) is 6.92 Å². The molecular formula is C29H36O. The first-order valence-corrected chi connectivity index (χ1v) is 11.4. The van der Waals surface area contributed by atoms with Gasteiger partial charge >= 0.3 is 0 Å². The van der Waals surface area contributed by atoms with Gasteiger partial charge in [-0.2, -0.15) is 0 Å². The maximum Gasteiger partial charge on any atom is 0.131 e. The molecule has 158 valence electrons. The molecule has 0 atom stereocenters. The van der Waals surface area contributed by atoms with Crippen molar-refractivity contribution >= 4 is 21.5 Å². The standard InChI is InChI=1S/C22H16O.C3H8.2C2H6/c1-14-5-4-8-18-16(14)10-12-22-20(18)13-19-17-7-3-2-6-15(17)9-11-21(19)23-22;1-3-2;2*1-2/h2-12H,13H2,1H3;3H2,1-2H3;2*1-2H3. The minimum absolute atomic E-state index is 0.923. The van der Waals surface area contributed by atoms with Crippen molar-refractivity contribution in [2.75, 3.05) is 0 Å². The summed E-state index contributed by atoms with van der Waals surface area (Å²) in [6.07, 6.45) is 2.17. The van der Waals surface area contributed by atoms with Crippen LogP contribution in [-0.4, -0.2) is 0 Å². The lowest BCUT2D eigenvalue weighted by Gasteiger charge is -2.23. The lowest BCUT2D eigenvalue weighted by atomic mass is 9.91. The van der Waals surface area contributed by atoms with E-state index >= 15 is 0 Å². The Morgan fingerprint density at radius 2 is 1.20 bits per heavy atom. The molecule has 0 spiro atoms. The van der Waals surface area contributed by atoms with Gasteiger partial charge in [-0.05, 0) is 46.2 Å². The molecule has 0 unspecified atom stereocenters. The largest absolute Gasteiger partial charge is 0.457 e. The first kappa shape index (κ1) is 23.5. The number of hydrogen-bond acceptors (Lipinski definition) is 1. The molecule has 0 N–H and O–H groups in total. The van der Waals surface area contributed by atoms with Crippen LogP contribution in [0.15, 0.2) is 66.7 Å². The van der Waals surface area contributed by atoms with Gasteiger partial charge in [0.05, 0.1) is 0 Å². The summed E-state index contributed by atoms with van der Waals surface area (Å²) in [7, 11) is 0. The fraction of sp³-hybridized carbons (Fsp3) is 0.310. The van der Waals surface area contributed by atoms with Gasteiger partial charge in [0.1, 0.15) is 11.5 Å². The molecule has 5 rings (SSSR count). The van der Waals surface area contributed by atoms with Crippen LogP contribution in [0.1, 0.15) is 64.7 Å². The van der Waals surface area contributed by atoms with E-state index in [1.54, 1.807) is 0 Å². The molecule has 1 aliphatic rings. The third-order valence-electron chi connectivity index (χ3n) is 4.92. The summed E-state index contributed by atoms with van der Waals surface area (Å²) in [6.45, 7) is 14.4. The van der Waals surface area contributed by atoms with E-state index in [9.17, 15) is 0 Å². The third kappa shape index (κ3) is 4.67. The molecule has 4 aromatic rings. The molecule has 1 heterocycles. The Balaban J connectivity index is 0.000000414. The number of aryl methyl sites for hydroxylation is 1. The van der Waals surface area contributed by atoms with Crippen LogP contribution in [-0.2, 0) is 6.42 Å². The summed E-state index contributed by atoms with van der Waals surface area (Å²) in [6, 6.07) is 23.6. The monoisotopic (exact) mass is 400 g/mol. The lowest BCUT2D eigenvalue weighted by molar-refractivity contribution is 0.463. The first-order valence-electron chi connectivity index (χ1n) is 11.4. The van der Waals surface area contributed by atoms with Crippen molar-refractivity contribution in [1.29, 1.82) is 0 Å². The Labute approximate surface area is 182 Å². The second kappa shape index (κ2) is 11.4. The topological polar surface area (TPSA) is 9.23 Å². The van der Waals surface area contributed by atoms with Gasteiger partial charge in [0, 0.05) is 17.5 Å². The van der Waals surface area contributed by atoms with Crippen molar-refractivity contribution in [2.45, 2.75) is 61.3 Å². The zero-order valence-electron chi connectivity index (χ0n) is 19.7. The Morgan fingerprint density at radius 1 is 0.633 bits per heavy atom. The van der Waals surface area contributed by atoms with E-state index in [2.05, 4.69) is 87.5 Å². The molecule has 4 aromatic carbocycles. The van der Waals surface area contributed by atoms with Crippen LogP contribution in [0.25, 0.3) is 21.5 Å². The van der Waals surface area contributed by atoms with E-state index in [0.717, 1.165) is 17.9 Å². The van der Waals surface area contributed by atoms with E-state index in [1.165, 1.54) is 44.7 Å². The second-order valence-corrected chi connectivity index (χ2v) is 6.96. The number of ether oxygens (including phenoxy) is 1. The van der Waals surface area contributed by atoms with Crippen LogP contribution in [0.2, 0.25) is 0 Å². The Kier molecular flexibility index (Phi) is 8.92. The van der Waals surface area contributed by atoms with Gasteiger partial charge in [-0.15, -0.1) is 0 Å². The van der Waals surface area contributed by atoms with Crippen LogP contribution >= 0.6 is 0 Å². The van der Waals surface area contributed by atoms with Gasteiger partial charge in [-0.1, -0.05) is 103 Å². The normalized spacial score (nSPS) is 10.8. The molecule has 0 radical (unpaired) electrons. The highest BCUT2D eigenvalue weighted by Gasteiger charge is 2.21. The number of fused-ring (bicyclic) bond motifs is 6. The molecule has 0 bridgehead atoms. The Bertz CT molecular complexity index is 1090. The molecule has 0 aromatic heterocycles. The van der Waals surface area contributed by atoms with Gasteiger partial charge in [0.15, 0.2) is 0 Å². The number of rotatable bonds is 0. The minimum atomic E-state index is 0.923. The Hall–Kier alpha value is -2.80.